The molecular weight excluding hydrogens is 328 g/mol. The largest absolute Gasteiger partial charge is 0.494 e. The van der Waals surface area contributed by atoms with E-state index in [1.165, 1.54) is 5.56 Å². The van der Waals surface area contributed by atoms with Crippen molar-refractivity contribution in [2.45, 2.75) is 26.2 Å². The molecule has 0 spiro atoms. The molecule has 2 aromatic rings. The fourth-order valence-electron chi connectivity index (χ4n) is 2.15. The monoisotopic (exact) mass is 348 g/mol. The number of halogens is 1. The van der Waals surface area contributed by atoms with E-state index in [2.05, 4.69) is 28.1 Å². The average molecular weight is 349 g/mol. The Morgan fingerprint density at radius 2 is 1.67 bits per heavy atom. The summed E-state index contributed by atoms with van der Waals surface area (Å²) in [5, 5.41) is 0. The first kappa shape index (κ1) is 15.9. The van der Waals surface area contributed by atoms with Gasteiger partial charge >= 0.3 is 0 Å². The van der Waals surface area contributed by atoms with Crippen molar-refractivity contribution < 1.29 is 9.47 Å². The molecule has 2 aromatic carbocycles. The van der Waals surface area contributed by atoms with Gasteiger partial charge in [-0.15, -0.1) is 0 Å². The molecule has 0 aromatic heterocycles. The van der Waals surface area contributed by atoms with Gasteiger partial charge in [0.15, 0.2) is 0 Å². The summed E-state index contributed by atoms with van der Waals surface area (Å²) in [5.74, 6) is 1.93. The fraction of sp³-hybridized carbons (Fsp3) is 0.333. The van der Waals surface area contributed by atoms with E-state index in [4.69, 9.17) is 9.47 Å². The van der Waals surface area contributed by atoms with E-state index < -0.39 is 0 Å². The van der Waals surface area contributed by atoms with Gasteiger partial charge in [-0.1, -0.05) is 34.1 Å². The smallest absolute Gasteiger partial charge is 0.122 e. The van der Waals surface area contributed by atoms with Crippen LogP contribution in [0.1, 0.15) is 25.3 Å². The minimum Gasteiger partial charge on any atom is -0.494 e. The molecule has 0 amide bonds. The number of benzene rings is 2. The molecule has 0 radical (unpaired) electrons. The molecule has 0 aliphatic rings. The molecule has 0 aliphatic heterocycles. The standard InChI is InChI=1S/C18H21BrO2/c1-2-20-18-9-4-3-7-15(18)8-5-6-14-21-17-12-10-16(19)11-13-17/h3-4,7,9-13H,2,5-6,8,14H2,1H3. The number of rotatable bonds is 8. The quantitative estimate of drug-likeness (QED) is 0.606. The summed E-state index contributed by atoms with van der Waals surface area (Å²) in [5.41, 5.74) is 1.28. The second kappa shape index (κ2) is 8.73. The predicted molar refractivity (Wildman–Crippen MR) is 90.2 cm³/mol. The molecule has 0 N–H and O–H groups in total. The first-order valence-corrected chi connectivity index (χ1v) is 8.18. The highest BCUT2D eigenvalue weighted by Gasteiger charge is 2.02. The van der Waals surface area contributed by atoms with Crippen molar-refractivity contribution in [3.63, 3.8) is 0 Å². The predicted octanol–water partition coefficient (Wildman–Crippen LogP) is 5.25. The Morgan fingerprint density at radius 1 is 0.905 bits per heavy atom. The van der Waals surface area contributed by atoms with Crippen LogP contribution in [0.25, 0.3) is 0 Å². The summed E-state index contributed by atoms with van der Waals surface area (Å²) in [4.78, 5) is 0. The lowest BCUT2D eigenvalue weighted by atomic mass is 10.1. The van der Waals surface area contributed by atoms with E-state index in [1.807, 2.05) is 43.3 Å². The number of hydrogen-bond donors (Lipinski definition) is 0. The molecule has 0 unspecified atom stereocenters. The Balaban J connectivity index is 1.71. The molecule has 112 valence electrons. The Morgan fingerprint density at radius 3 is 2.43 bits per heavy atom. The average Bonchev–Trinajstić information content (AvgIpc) is 2.51. The van der Waals surface area contributed by atoms with Crippen LogP contribution in [0.4, 0.5) is 0 Å². The van der Waals surface area contributed by atoms with Crippen LogP contribution in [-0.2, 0) is 6.42 Å². The number of ether oxygens (including phenoxy) is 2. The minimum atomic E-state index is 0.712. The first-order chi connectivity index (χ1) is 10.3. The normalized spacial score (nSPS) is 10.4. The summed E-state index contributed by atoms with van der Waals surface area (Å²) in [6.07, 6.45) is 3.16. The number of hydrogen-bond acceptors (Lipinski definition) is 2. The number of aryl methyl sites for hydroxylation is 1. The Bertz CT molecular complexity index is 537. The van der Waals surface area contributed by atoms with Crippen LogP contribution in [0.2, 0.25) is 0 Å². The van der Waals surface area contributed by atoms with Crippen molar-refractivity contribution in [1.82, 2.24) is 0 Å². The van der Waals surface area contributed by atoms with Crippen molar-refractivity contribution in [3.8, 4) is 11.5 Å². The maximum atomic E-state index is 5.72. The van der Waals surface area contributed by atoms with E-state index in [1.54, 1.807) is 0 Å². The highest BCUT2D eigenvalue weighted by atomic mass is 79.9. The second-order valence-electron chi connectivity index (χ2n) is 4.80. The van der Waals surface area contributed by atoms with Gasteiger partial charge in [-0.25, -0.2) is 0 Å². The molecule has 0 fully saturated rings. The van der Waals surface area contributed by atoms with Gasteiger partial charge in [0, 0.05) is 4.47 Å². The van der Waals surface area contributed by atoms with Gasteiger partial charge in [-0.3, -0.25) is 0 Å². The molecule has 2 rings (SSSR count). The SMILES string of the molecule is CCOc1ccccc1CCCCOc1ccc(Br)cc1. The topological polar surface area (TPSA) is 18.5 Å². The third kappa shape index (κ3) is 5.43. The van der Waals surface area contributed by atoms with Crippen molar-refractivity contribution in [2.75, 3.05) is 13.2 Å². The molecule has 0 atom stereocenters. The van der Waals surface area contributed by atoms with Crippen molar-refractivity contribution in [2.24, 2.45) is 0 Å². The van der Waals surface area contributed by atoms with Crippen LogP contribution >= 0.6 is 15.9 Å². The van der Waals surface area contributed by atoms with E-state index in [9.17, 15) is 0 Å². The maximum absolute atomic E-state index is 5.72. The minimum absolute atomic E-state index is 0.712. The lowest BCUT2D eigenvalue weighted by Crippen LogP contribution is -2.00. The van der Waals surface area contributed by atoms with Crippen molar-refractivity contribution in [1.29, 1.82) is 0 Å². The Hall–Kier alpha value is -1.48. The Kier molecular flexibility index (Phi) is 6.61. The van der Waals surface area contributed by atoms with Crippen LogP contribution in [-0.4, -0.2) is 13.2 Å². The van der Waals surface area contributed by atoms with Gasteiger partial charge < -0.3 is 9.47 Å². The molecule has 3 heteroatoms. The molecule has 0 saturated heterocycles. The van der Waals surface area contributed by atoms with Crippen LogP contribution in [0.15, 0.2) is 53.0 Å². The third-order valence-electron chi connectivity index (χ3n) is 3.20. The van der Waals surface area contributed by atoms with E-state index in [-0.39, 0.29) is 0 Å². The molecule has 0 saturated carbocycles. The van der Waals surface area contributed by atoms with Crippen LogP contribution < -0.4 is 9.47 Å². The highest BCUT2D eigenvalue weighted by Crippen LogP contribution is 2.20. The maximum Gasteiger partial charge on any atom is 0.122 e. The van der Waals surface area contributed by atoms with Crippen molar-refractivity contribution in [3.05, 3.63) is 58.6 Å². The second-order valence-corrected chi connectivity index (χ2v) is 5.72. The Labute approximate surface area is 135 Å². The summed E-state index contributed by atoms with van der Waals surface area (Å²) >= 11 is 3.42. The zero-order chi connectivity index (χ0) is 14.9. The zero-order valence-electron chi connectivity index (χ0n) is 12.3. The fourth-order valence-corrected chi connectivity index (χ4v) is 2.41. The zero-order valence-corrected chi connectivity index (χ0v) is 13.9. The van der Waals surface area contributed by atoms with Crippen LogP contribution in [0.5, 0.6) is 11.5 Å². The number of para-hydroxylation sites is 1. The molecule has 2 nitrogen and oxygen atoms in total. The van der Waals surface area contributed by atoms with Gasteiger partial charge in [-0.2, -0.15) is 0 Å². The summed E-state index contributed by atoms with van der Waals surface area (Å²) in [6, 6.07) is 16.2. The van der Waals surface area contributed by atoms with Gasteiger partial charge in [-0.05, 0) is 62.1 Å². The third-order valence-corrected chi connectivity index (χ3v) is 3.72. The highest BCUT2D eigenvalue weighted by molar-refractivity contribution is 9.10. The van der Waals surface area contributed by atoms with Gasteiger partial charge in [0.05, 0.1) is 13.2 Å². The lowest BCUT2D eigenvalue weighted by Gasteiger charge is -2.10. The lowest BCUT2D eigenvalue weighted by molar-refractivity contribution is 0.305. The van der Waals surface area contributed by atoms with Gasteiger partial charge in [0.25, 0.3) is 0 Å². The number of unbranched alkanes of at least 4 members (excludes halogenated alkanes) is 1. The van der Waals surface area contributed by atoms with E-state index in [0.29, 0.717) is 6.61 Å². The molecule has 0 heterocycles. The van der Waals surface area contributed by atoms with Crippen LogP contribution in [0.3, 0.4) is 0 Å². The summed E-state index contributed by atoms with van der Waals surface area (Å²) in [7, 11) is 0. The first-order valence-electron chi connectivity index (χ1n) is 7.38. The molecule has 0 aliphatic carbocycles. The van der Waals surface area contributed by atoms with Crippen molar-refractivity contribution >= 4 is 15.9 Å². The molecule has 21 heavy (non-hydrogen) atoms. The van der Waals surface area contributed by atoms with Crippen LogP contribution in [0, 0.1) is 0 Å². The van der Waals surface area contributed by atoms with Gasteiger partial charge in [0.2, 0.25) is 0 Å². The van der Waals surface area contributed by atoms with E-state index in [0.717, 1.165) is 41.8 Å². The van der Waals surface area contributed by atoms with E-state index >= 15 is 0 Å². The molecular formula is C18H21BrO2. The summed E-state index contributed by atoms with van der Waals surface area (Å²) in [6.45, 7) is 3.48. The molecule has 0 bridgehead atoms. The summed E-state index contributed by atoms with van der Waals surface area (Å²) < 4.78 is 12.4. The van der Waals surface area contributed by atoms with Gasteiger partial charge in [0.1, 0.15) is 11.5 Å².